The van der Waals surface area contributed by atoms with Crippen molar-refractivity contribution in [1.82, 2.24) is 9.63 Å². The van der Waals surface area contributed by atoms with Crippen molar-refractivity contribution in [3.63, 3.8) is 0 Å². The second kappa shape index (κ2) is 6.77. The molecule has 0 bridgehead atoms. The average Bonchev–Trinajstić information content (AvgIpc) is 3.18. The van der Waals surface area contributed by atoms with E-state index in [1.807, 2.05) is 30.3 Å². The second-order valence-electron chi connectivity index (χ2n) is 6.10. The van der Waals surface area contributed by atoms with E-state index in [1.165, 1.54) is 12.2 Å². The zero-order chi connectivity index (χ0) is 19.0. The molecule has 1 unspecified atom stereocenters. The molecule has 2 heterocycles. The van der Waals surface area contributed by atoms with Gasteiger partial charge in [0.15, 0.2) is 0 Å². The molecule has 0 saturated heterocycles. The molecule has 0 N–H and O–H groups in total. The van der Waals surface area contributed by atoms with E-state index >= 15 is 0 Å². The number of para-hydroxylation sites is 1. The monoisotopic (exact) mass is 366 g/mol. The topological polar surface area (TPSA) is 70.0 Å². The molecule has 27 heavy (non-hydrogen) atoms. The molecule has 1 aromatic heterocycles. The van der Waals surface area contributed by atoms with Gasteiger partial charge in [0.05, 0.1) is 31.9 Å². The summed E-state index contributed by atoms with van der Waals surface area (Å²) < 4.78 is 12.3. The number of carbonyl (C=O) groups excluding carboxylic acids is 2. The Morgan fingerprint density at radius 2 is 1.85 bits per heavy atom. The number of hydroxylamine groups is 2. The first-order valence-electron chi connectivity index (χ1n) is 8.45. The van der Waals surface area contributed by atoms with Crippen molar-refractivity contribution >= 4 is 22.9 Å². The van der Waals surface area contributed by atoms with E-state index in [9.17, 15) is 9.59 Å². The van der Waals surface area contributed by atoms with Crippen LogP contribution in [0.1, 0.15) is 18.2 Å². The lowest BCUT2D eigenvalue weighted by Crippen LogP contribution is -2.30. The van der Waals surface area contributed by atoms with Gasteiger partial charge in [-0.25, -0.2) is 4.79 Å². The fourth-order valence-electron chi connectivity index (χ4n) is 3.43. The minimum atomic E-state index is -0.587. The van der Waals surface area contributed by atoms with Crippen LogP contribution in [-0.4, -0.2) is 35.9 Å². The van der Waals surface area contributed by atoms with Crippen molar-refractivity contribution in [1.29, 1.82) is 0 Å². The molecule has 3 aromatic rings. The summed E-state index contributed by atoms with van der Waals surface area (Å²) in [5, 5.41) is 2.00. The SMILES string of the molecule is COc1cccc2c1cc1n2C(=O)N(OC)C1CC(=O)Oc1ccccc1. The number of nitrogens with zero attached hydrogens (tertiary/aromatic N) is 2. The predicted octanol–water partition coefficient (Wildman–Crippen LogP) is 3.53. The number of amides is 1. The van der Waals surface area contributed by atoms with Gasteiger partial charge < -0.3 is 9.47 Å². The van der Waals surface area contributed by atoms with Crippen LogP contribution in [0.15, 0.2) is 54.6 Å². The Labute approximate surface area is 155 Å². The quantitative estimate of drug-likeness (QED) is 0.510. The first-order valence-corrected chi connectivity index (χ1v) is 8.45. The van der Waals surface area contributed by atoms with Crippen molar-refractivity contribution < 1.29 is 23.9 Å². The van der Waals surface area contributed by atoms with Gasteiger partial charge in [0.1, 0.15) is 17.5 Å². The predicted molar refractivity (Wildman–Crippen MR) is 97.6 cm³/mol. The largest absolute Gasteiger partial charge is 0.496 e. The highest BCUT2D eigenvalue weighted by molar-refractivity contribution is 5.98. The molecule has 0 saturated carbocycles. The number of aromatic nitrogens is 1. The fourth-order valence-corrected chi connectivity index (χ4v) is 3.43. The third-order valence-electron chi connectivity index (χ3n) is 4.59. The van der Waals surface area contributed by atoms with Gasteiger partial charge in [-0.1, -0.05) is 24.3 Å². The number of hydrogen-bond donors (Lipinski definition) is 0. The Hall–Kier alpha value is -3.32. The maximum atomic E-state index is 12.8. The van der Waals surface area contributed by atoms with Crippen molar-refractivity contribution in [2.75, 3.05) is 14.2 Å². The van der Waals surface area contributed by atoms with Crippen LogP contribution in [0.4, 0.5) is 4.79 Å². The van der Waals surface area contributed by atoms with Crippen LogP contribution in [0.2, 0.25) is 0 Å². The standard InChI is InChI=1S/C20H18N2O5/c1-25-18-10-6-9-15-14(18)11-16-17(22(26-2)20(24)21(15)16)12-19(23)27-13-7-4-3-5-8-13/h3-11,17H,12H2,1-2H3. The van der Waals surface area contributed by atoms with Crippen LogP contribution < -0.4 is 9.47 Å². The zero-order valence-electron chi connectivity index (χ0n) is 14.9. The summed E-state index contributed by atoms with van der Waals surface area (Å²) in [4.78, 5) is 30.5. The van der Waals surface area contributed by atoms with Gasteiger partial charge in [0, 0.05) is 5.39 Å². The summed E-state index contributed by atoms with van der Waals surface area (Å²) in [6, 6.07) is 15.2. The smallest absolute Gasteiger partial charge is 0.353 e. The van der Waals surface area contributed by atoms with E-state index in [-0.39, 0.29) is 12.5 Å². The summed E-state index contributed by atoms with van der Waals surface area (Å²) in [7, 11) is 2.98. The summed E-state index contributed by atoms with van der Waals surface area (Å²) in [6.45, 7) is 0. The summed E-state index contributed by atoms with van der Waals surface area (Å²) in [6.07, 6.45) is -0.0346. The highest BCUT2D eigenvalue weighted by Crippen LogP contribution is 2.39. The van der Waals surface area contributed by atoms with E-state index in [4.69, 9.17) is 14.3 Å². The Bertz CT molecular complexity index is 1010. The van der Waals surface area contributed by atoms with E-state index in [0.29, 0.717) is 22.7 Å². The van der Waals surface area contributed by atoms with Crippen LogP contribution in [-0.2, 0) is 9.63 Å². The number of fused-ring (bicyclic) bond motifs is 3. The van der Waals surface area contributed by atoms with Crippen molar-refractivity contribution in [2.45, 2.75) is 12.5 Å². The lowest BCUT2D eigenvalue weighted by Gasteiger charge is -2.20. The summed E-state index contributed by atoms with van der Waals surface area (Å²) in [5.41, 5.74) is 1.36. The van der Waals surface area contributed by atoms with Crippen LogP contribution in [0.5, 0.6) is 11.5 Å². The molecule has 1 amide bonds. The number of hydrogen-bond acceptors (Lipinski definition) is 5. The Balaban J connectivity index is 1.69. The van der Waals surface area contributed by atoms with Gasteiger partial charge >= 0.3 is 12.0 Å². The van der Waals surface area contributed by atoms with Crippen LogP contribution in [0.25, 0.3) is 10.9 Å². The lowest BCUT2D eigenvalue weighted by molar-refractivity contribution is -0.143. The molecule has 0 spiro atoms. The van der Waals surface area contributed by atoms with Crippen molar-refractivity contribution in [3.8, 4) is 11.5 Å². The third kappa shape index (κ3) is 2.82. The Morgan fingerprint density at radius 1 is 1.07 bits per heavy atom. The minimum absolute atomic E-state index is 0.0346. The third-order valence-corrected chi connectivity index (χ3v) is 4.59. The molecule has 1 aliphatic heterocycles. The maximum absolute atomic E-state index is 12.8. The fraction of sp³-hybridized carbons (Fsp3) is 0.200. The van der Waals surface area contributed by atoms with Gasteiger partial charge in [0.25, 0.3) is 0 Å². The van der Waals surface area contributed by atoms with Crippen LogP contribution >= 0.6 is 0 Å². The highest BCUT2D eigenvalue weighted by Gasteiger charge is 2.41. The number of rotatable bonds is 5. The number of esters is 1. The van der Waals surface area contributed by atoms with Crippen LogP contribution in [0.3, 0.4) is 0 Å². The molecule has 0 radical (unpaired) electrons. The van der Waals surface area contributed by atoms with Crippen molar-refractivity contribution in [2.24, 2.45) is 0 Å². The van der Waals surface area contributed by atoms with E-state index in [1.54, 1.807) is 35.9 Å². The summed E-state index contributed by atoms with van der Waals surface area (Å²) in [5.74, 6) is 0.668. The number of methoxy groups -OCH3 is 1. The molecule has 0 fully saturated rings. The van der Waals surface area contributed by atoms with Gasteiger partial charge in [-0.15, -0.1) is 0 Å². The molecule has 2 aromatic carbocycles. The van der Waals surface area contributed by atoms with Gasteiger partial charge in [-0.05, 0) is 30.3 Å². The molecule has 1 aliphatic rings. The van der Waals surface area contributed by atoms with E-state index in [2.05, 4.69) is 0 Å². The van der Waals surface area contributed by atoms with E-state index in [0.717, 1.165) is 5.39 Å². The minimum Gasteiger partial charge on any atom is -0.496 e. The summed E-state index contributed by atoms with van der Waals surface area (Å²) >= 11 is 0. The molecule has 7 heteroatoms. The molecule has 1 atom stereocenters. The Morgan fingerprint density at radius 3 is 2.56 bits per heavy atom. The van der Waals surface area contributed by atoms with Gasteiger partial charge in [-0.3, -0.25) is 14.2 Å². The van der Waals surface area contributed by atoms with Gasteiger partial charge in [-0.2, -0.15) is 5.06 Å². The number of ether oxygens (including phenoxy) is 2. The first kappa shape index (κ1) is 17.1. The Kier molecular flexibility index (Phi) is 4.29. The lowest BCUT2D eigenvalue weighted by atomic mass is 10.1. The molecule has 138 valence electrons. The maximum Gasteiger partial charge on any atom is 0.353 e. The van der Waals surface area contributed by atoms with Crippen molar-refractivity contribution in [3.05, 3.63) is 60.3 Å². The second-order valence-corrected chi connectivity index (χ2v) is 6.10. The number of benzene rings is 2. The molecule has 4 rings (SSSR count). The molecule has 7 nitrogen and oxygen atoms in total. The molecular formula is C20H18N2O5. The zero-order valence-corrected chi connectivity index (χ0v) is 14.9. The molecular weight excluding hydrogens is 348 g/mol. The normalized spacial score (nSPS) is 15.9. The van der Waals surface area contributed by atoms with Crippen LogP contribution in [0, 0.1) is 0 Å². The average molecular weight is 366 g/mol. The highest BCUT2D eigenvalue weighted by atomic mass is 16.7. The first-order chi connectivity index (χ1) is 13.1. The number of carbonyl (C=O) groups is 2. The van der Waals surface area contributed by atoms with Gasteiger partial charge in [0.2, 0.25) is 0 Å². The molecule has 0 aliphatic carbocycles. The van der Waals surface area contributed by atoms with E-state index < -0.39 is 12.0 Å².